The molecule has 4 nitrogen and oxygen atoms in total. The van der Waals surface area contributed by atoms with Crippen LogP contribution in [0.2, 0.25) is 0 Å². The molecule has 1 N–H and O–H groups in total. The standard InChI is InChI=1S/C14H17F2N3O/c1-9-7-19(13-5-11(15)4-12(16)6-13)14(17-9)18-10(2)8-20-3/h4-7,10H,8H2,1-3H3,(H,17,18). The van der Waals surface area contributed by atoms with Crippen LogP contribution in [0.15, 0.2) is 24.4 Å². The summed E-state index contributed by atoms with van der Waals surface area (Å²) < 4.78 is 33.3. The Morgan fingerprint density at radius 3 is 2.55 bits per heavy atom. The molecule has 108 valence electrons. The molecule has 0 radical (unpaired) electrons. The Morgan fingerprint density at radius 1 is 1.30 bits per heavy atom. The van der Waals surface area contributed by atoms with Gasteiger partial charge in [-0.05, 0) is 26.0 Å². The van der Waals surface area contributed by atoms with Crippen LogP contribution in [0.4, 0.5) is 14.7 Å². The van der Waals surface area contributed by atoms with Gasteiger partial charge in [0.25, 0.3) is 0 Å². The summed E-state index contributed by atoms with van der Waals surface area (Å²) in [4.78, 5) is 4.32. The number of hydrogen-bond donors (Lipinski definition) is 1. The summed E-state index contributed by atoms with van der Waals surface area (Å²) in [5.74, 6) is -0.721. The van der Waals surface area contributed by atoms with E-state index in [1.165, 1.54) is 12.1 Å². The van der Waals surface area contributed by atoms with Crippen LogP contribution in [0.25, 0.3) is 5.69 Å². The van der Waals surface area contributed by atoms with Gasteiger partial charge in [-0.15, -0.1) is 0 Å². The molecular formula is C14H17F2N3O. The molecule has 6 heteroatoms. The number of aryl methyl sites for hydroxylation is 1. The van der Waals surface area contributed by atoms with Crippen molar-refractivity contribution in [1.82, 2.24) is 9.55 Å². The van der Waals surface area contributed by atoms with E-state index >= 15 is 0 Å². The van der Waals surface area contributed by atoms with Crippen molar-refractivity contribution < 1.29 is 13.5 Å². The second kappa shape index (κ2) is 6.00. The van der Waals surface area contributed by atoms with Crippen molar-refractivity contribution in [3.8, 4) is 5.69 Å². The Labute approximate surface area is 116 Å². The summed E-state index contributed by atoms with van der Waals surface area (Å²) in [6, 6.07) is 3.39. The van der Waals surface area contributed by atoms with Crippen molar-refractivity contribution >= 4 is 5.95 Å². The van der Waals surface area contributed by atoms with Gasteiger partial charge in [0.05, 0.1) is 18.0 Å². The summed E-state index contributed by atoms with van der Waals surface area (Å²) in [5, 5.41) is 3.15. The first-order chi connectivity index (χ1) is 9.49. The molecular weight excluding hydrogens is 264 g/mol. The van der Waals surface area contributed by atoms with Gasteiger partial charge in [0.2, 0.25) is 5.95 Å². The number of methoxy groups -OCH3 is 1. The Bertz CT molecular complexity index is 578. The molecule has 0 saturated carbocycles. The average Bonchev–Trinajstić information content (AvgIpc) is 2.69. The molecule has 2 rings (SSSR count). The maximum atomic E-state index is 13.3. The quantitative estimate of drug-likeness (QED) is 0.916. The summed E-state index contributed by atoms with van der Waals surface area (Å²) in [7, 11) is 1.61. The van der Waals surface area contributed by atoms with Gasteiger partial charge in [-0.1, -0.05) is 0 Å². The summed E-state index contributed by atoms with van der Waals surface area (Å²) >= 11 is 0. The second-order valence-electron chi connectivity index (χ2n) is 4.70. The highest BCUT2D eigenvalue weighted by atomic mass is 19.1. The fraction of sp³-hybridized carbons (Fsp3) is 0.357. The van der Waals surface area contributed by atoms with Crippen LogP contribution < -0.4 is 5.32 Å². The third kappa shape index (κ3) is 3.33. The molecule has 1 aromatic heterocycles. The minimum atomic E-state index is -0.623. The topological polar surface area (TPSA) is 39.1 Å². The zero-order chi connectivity index (χ0) is 14.7. The van der Waals surface area contributed by atoms with E-state index in [4.69, 9.17) is 4.74 Å². The van der Waals surface area contributed by atoms with E-state index in [0.29, 0.717) is 18.2 Å². The fourth-order valence-corrected chi connectivity index (χ4v) is 1.99. The van der Waals surface area contributed by atoms with E-state index in [0.717, 1.165) is 11.8 Å². The number of nitrogens with one attached hydrogen (secondary N) is 1. The van der Waals surface area contributed by atoms with Crippen molar-refractivity contribution in [2.75, 3.05) is 19.0 Å². The number of nitrogens with zero attached hydrogens (tertiary/aromatic N) is 2. The van der Waals surface area contributed by atoms with Gasteiger partial charge in [0.15, 0.2) is 0 Å². The van der Waals surface area contributed by atoms with Crippen molar-refractivity contribution in [1.29, 1.82) is 0 Å². The highest BCUT2D eigenvalue weighted by molar-refractivity contribution is 5.44. The van der Waals surface area contributed by atoms with Crippen LogP contribution in [0, 0.1) is 18.6 Å². The van der Waals surface area contributed by atoms with Crippen LogP contribution >= 0.6 is 0 Å². The number of imidazole rings is 1. The molecule has 0 aliphatic heterocycles. The van der Waals surface area contributed by atoms with E-state index < -0.39 is 11.6 Å². The number of aromatic nitrogens is 2. The molecule has 0 fully saturated rings. The van der Waals surface area contributed by atoms with Crippen molar-refractivity contribution in [2.24, 2.45) is 0 Å². The second-order valence-corrected chi connectivity index (χ2v) is 4.70. The third-order valence-corrected chi connectivity index (χ3v) is 2.74. The molecule has 0 spiro atoms. The SMILES string of the molecule is COCC(C)Nc1nc(C)cn1-c1cc(F)cc(F)c1. The molecule has 1 heterocycles. The third-order valence-electron chi connectivity index (χ3n) is 2.74. The van der Waals surface area contributed by atoms with Gasteiger partial charge in [0, 0.05) is 25.4 Å². The zero-order valence-electron chi connectivity index (χ0n) is 11.7. The van der Waals surface area contributed by atoms with E-state index in [9.17, 15) is 8.78 Å². The van der Waals surface area contributed by atoms with E-state index in [2.05, 4.69) is 10.3 Å². The summed E-state index contributed by atoms with van der Waals surface area (Å²) in [6.07, 6.45) is 1.72. The largest absolute Gasteiger partial charge is 0.383 e. The molecule has 0 saturated heterocycles. The summed E-state index contributed by atoms with van der Waals surface area (Å²) in [6.45, 7) is 4.26. The van der Waals surface area contributed by atoms with Crippen LogP contribution in [-0.4, -0.2) is 29.3 Å². The first kappa shape index (κ1) is 14.5. The van der Waals surface area contributed by atoms with E-state index in [-0.39, 0.29) is 6.04 Å². The molecule has 2 aromatic rings. The lowest BCUT2D eigenvalue weighted by Gasteiger charge is -2.15. The normalized spacial score (nSPS) is 12.4. The number of hydrogen-bond acceptors (Lipinski definition) is 3. The number of benzene rings is 1. The molecule has 0 amide bonds. The first-order valence-electron chi connectivity index (χ1n) is 6.27. The Balaban J connectivity index is 2.36. The molecule has 0 aliphatic carbocycles. The molecule has 0 aliphatic rings. The maximum Gasteiger partial charge on any atom is 0.208 e. The van der Waals surface area contributed by atoms with Crippen molar-refractivity contribution in [3.05, 3.63) is 41.7 Å². The van der Waals surface area contributed by atoms with E-state index in [1.54, 1.807) is 17.9 Å². The van der Waals surface area contributed by atoms with Crippen LogP contribution in [0.1, 0.15) is 12.6 Å². The number of halogens is 2. The van der Waals surface area contributed by atoms with Gasteiger partial charge < -0.3 is 10.1 Å². The molecule has 0 bridgehead atoms. The minimum absolute atomic E-state index is 0.0268. The number of rotatable bonds is 5. The van der Waals surface area contributed by atoms with Gasteiger partial charge >= 0.3 is 0 Å². The Hall–Kier alpha value is -1.95. The Morgan fingerprint density at radius 2 is 1.95 bits per heavy atom. The predicted octanol–water partition coefficient (Wildman–Crippen LogP) is 2.91. The first-order valence-corrected chi connectivity index (χ1v) is 6.27. The number of anilines is 1. The van der Waals surface area contributed by atoms with Crippen molar-refractivity contribution in [2.45, 2.75) is 19.9 Å². The maximum absolute atomic E-state index is 13.3. The monoisotopic (exact) mass is 281 g/mol. The lowest BCUT2D eigenvalue weighted by Crippen LogP contribution is -2.22. The molecule has 1 unspecified atom stereocenters. The smallest absolute Gasteiger partial charge is 0.208 e. The zero-order valence-corrected chi connectivity index (χ0v) is 11.7. The van der Waals surface area contributed by atoms with Gasteiger partial charge in [-0.3, -0.25) is 4.57 Å². The lowest BCUT2D eigenvalue weighted by atomic mass is 10.3. The predicted molar refractivity (Wildman–Crippen MR) is 73.2 cm³/mol. The Kier molecular flexibility index (Phi) is 4.34. The van der Waals surface area contributed by atoms with Crippen LogP contribution in [0.5, 0.6) is 0 Å². The number of ether oxygens (including phenoxy) is 1. The van der Waals surface area contributed by atoms with Gasteiger partial charge in [-0.2, -0.15) is 0 Å². The van der Waals surface area contributed by atoms with E-state index in [1.807, 2.05) is 13.8 Å². The van der Waals surface area contributed by atoms with Crippen LogP contribution in [0.3, 0.4) is 0 Å². The minimum Gasteiger partial charge on any atom is -0.383 e. The van der Waals surface area contributed by atoms with Gasteiger partial charge in [-0.25, -0.2) is 13.8 Å². The molecule has 1 aromatic carbocycles. The highest BCUT2D eigenvalue weighted by Gasteiger charge is 2.12. The average molecular weight is 281 g/mol. The van der Waals surface area contributed by atoms with Crippen molar-refractivity contribution in [3.63, 3.8) is 0 Å². The lowest BCUT2D eigenvalue weighted by molar-refractivity contribution is 0.190. The molecule has 1 atom stereocenters. The summed E-state index contributed by atoms with van der Waals surface area (Å²) in [5.41, 5.74) is 1.14. The fourth-order valence-electron chi connectivity index (χ4n) is 1.99. The van der Waals surface area contributed by atoms with Gasteiger partial charge in [0.1, 0.15) is 11.6 Å². The molecule has 20 heavy (non-hydrogen) atoms. The van der Waals surface area contributed by atoms with Crippen LogP contribution in [-0.2, 0) is 4.74 Å². The highest BCUT2D eigenvalue weighted by Crippen LogP contribution is 2.19.